The van der Waals surface area contributed by atoms with E-state index < -0.39 is 11.7 Å². The Morgan fingerprint density at radius 2 is 2.27 bits per heavy atom. The molecule has 1 N–H and O–H groups in total. The molecule has 2 aromatic rings. The van der Waals surface area contributed by atoms with Crippen molar-refractivity contribution < 1.29 is 9.18 Å². The van der Waals surface area contributed by atoms with Crippen LogP contribution >= 0.6 is 11.3 Å². The molecule has 5 nitrogen and oxygen atoms in total. The molecule has 0 radical (unpaired) electrons. The Labute approximate surface area is 131 Å². The monoisotopic (exact) mass is 316 g/mol. The van der Waals surface area contributed by atoms with Crippen LogP contribution in [0, 0.1) is 24.1 Å². The lowest BCUT2D eigenvalue weighted by Gasteiger charge is -2.02. The number of aryl methyl sites for hydroxylation is 2. The highest BCUT2D eigenvalue weighted by atomic mass is 32.1. The minimum absolute atomic E-state index is 0.193. The van der Waals surface area contributed by atoms with Crippen molar-refractivity contribution in [2.75, 3.05) is 5.32 Å². The Morgan fingerprint density at radius 3 is 2.91 bits per heavy atom. The molecule has 0 spiro atoms. The van der Waals surface area contributed by atoms with Crippen LogP contribution < -0.4 is 5.32 Å². The maximum Gasteiger partial charge on any atom is 0.268 e. The van der Waals surface area contributed by atoms with Crippen LogP contribution in [0.3, 0.4) is 0 Å². The zero-order chi connectivity index (χ0) is 16.1. The van der Waals surface area contributed by atoms with Gasteiger partial charge in [-0.15, -0.1) is 10.2 Å². The summed E-state index contributed by atoms with van der Waals surface area (Å²) in [6, 6.07) is 6.26. The van der Waals surface area contributed by atoms with Gasteiger partial charge >= 0.3 is 0 Å². The summed E-state index contributed by atoms with van der Waals surface area (Å²) in [5.74, 6) is -1.13. The number of amides is 1. The van der Waals surface area contributed by atoms with Crippen molar-refractivity contribution in [2.45, 2.75) is 20.3 Å². The van der Waals surface area contributed by atoms with Crippen molar-refractivity contribution in [2.24, 2.45) is 0 Å². The second kappa shape index (κ2) is 6.91. The van der Waals surface area contributed by atoms with Crippen LogP contribution in [0.2, 0.25) is 0 Å². The number of nitrogens with zero attached hydrogens (tertiary/aromatic N) is 3. The largest absolute Gasteiger partial charge is 0.296 e. The molecular formula is C15H13FN4OS. The highest BCUT2D eigenvalue weighted by molar-refractivity contribution is 7.15. The number of hydrogen-bond acceptors (Lipinski definition) is 5. The third-order valence-electron chi connectivity index (χ3n) is 2.81. The van der Waals surface area contributed by atoms with Gasteiger partial charge < -0.3 is 0 Å². The number of carbonyl (C=O) groups is 1. The van der Waals surface area contributed by atoms with Gasteiger partial charge in [0.25, 0.3) is 5.91 Å². The lowest BCUT2D eigenvalue weighted by Crippen LogP contribution is -2.13. The Morgan fingerprint density at radius 1 is 1.50 bits per heavy atom. The van der Waals surface area contributed by atoms with Crippen LogP contribution in [-0.4, -0.2) is 16.1 Å². The van der Waals surface area contributed by atoms with Gasteiger partial charge in [0.05, 0.1) is 0 Å². The molecule has 0 aliphatic heterocycles. The highest BCUT2D eigenvalue weighted by Crippen LogP contribution is 2.18. The first-order valence-corrected chi connectivity index (χ1v) is 7.36. The first kappa shape index (κ1) is 15.8. The summed E-state index contributed by atoms with van der Waals surface area (Å²) in [5, 5.41) is 20.4. The van der Waals surface area contributed by atoms with Gasteiger partial charge in [-0.25, -0.2) is 4.39 Å². The molecule has 0 saturated carbocycles. The molecule has 2 rings (SSSR count). The summed E-state index contributed by atoms with van der Waals surface area (Å²) < 4.78 is 13.7. The van der Waals surface area contributed by atoms with E-state index in [4.69, 9.17) is 5.26 Å². The molecule has 112 valence electrons. The maximum atomic E-state index is 13.7. The normalized spacial score (nSPS) is 11.1. The van der Waals surface area contributed by atoms with Crippen molar-refractivity contribution in [1.82, 2.24) is 10.2 Å². The van der Waals surface area contributed by atoms with Crippen LogP contribution in [0.5, 0.6) is 0 Å². The summed E-state index contributed by atoms with van der Waals surface area (Å²) in [5.41, 5.74) is 0.831. The number of benzene rings is 1. The number of carbonyl (C=O) groups excluding carboxylic acids is 1. The molecule has 0 saturated heterocycles. The second-order valence-corrected chi connectivity index (χ2v) is 5.57. The number of nitriles is 1. The van der Waals surface area contributed by atoms with Gasteiger partial charge in [-0.2, -0.15) is 5.26 Å². The standard InChI is InChI=1S/C15H13FN4OS/c1-3-13-19-20-15(22-13)18-14(21)11(8-17)7-10-6-9(2)4-5-12(10)16/h4-7H,3H2,1-2H3,(H,18,20,21). The Hall–Kier alpha value is -2.59. The van der Waals surface area contributed by atoms with Crippen LogP contribution in [0.1, 0.15) is 23.1 Å². The lowest BCUT2D eigenvalue weighted by atomic mass is 10.1. The van der Waals surface area contributed by atoms with E-state index in [1.807, 2.05) is 6.92 Å². The third kappa shape index (κ3) is 3.74. The Kier molecular flexibility index (Phi) is 4.96. The molecule has 0 atom stereocenters. The van der Waals surface area contributed by atoms with E-state index in [1.54, 1.807) is 25.1 Å². The van der Waals surface area contributed by atoms with E-state index in [2.05, 4.69) is 15.5 Å². The number of halogens is 1. The number of anilines is 1. The molecule has 22 heavy (non-hydrogen) atoms. The fraction of sp³-hybridized carbons (Fsp3) is 0.200. The summed E-state index contributed by atoms with van der Waals surface area (Å²) >= 11 is 1.24. The molecule has 0 unspecified atom stereocenters. The summed E-state index contributed by atoms with van der Waals surface area (Å²) in [6.45, 7) is 3.73. The molecule has 1 aromatic carbocycles. The molecule has 7 heteroatoms. The molecule has 1 aromatic heterocycles. The van der Waals surface area contributed by atoms with Crippen molar-refractivity contribution in [3.63, 3.8) is 0 Å². The lowest BCUT2D eigenvalue weighted by molar-refractivity contribution is -0.112. The summed E-state index contributed by atoms with van der Waals surface area (Å²) in [6.07, 6.45) is 1.93. The first-order chi connectivity index (χ1) is 10.5. The third-order valence-corrected chi connectivity index (χ3v) is 3.79. The number of nitrogens with one attached hydrogen (secondary N) is 1. The van der Waals surface area contributed by atoms with E-state index in [1.165, 1.54) is 23.5 Å². The minimum Gasteiger partial charge on any atom is -0.296 e. The number of rotatable bonds is 4. The number of hydrogen-bond donors (Lipinski definition) is 1. The van der Waals surface area contributed by atoms with Crippen molar-refractivity contribution in [1.29, 1.82) is 5.26 Å². The van der Waals surface area contributed by atoms with Gasteiger partial charge in [0.15, 0.2) is 0 Å². The van der Waals surface area contributed by atoms with Gasteiger partial charge in [0, 0.05) is 5.56 Å². The highest BCUT2D eigenvalue weighted by Gasteiger charge is 2.13. The molecule has 0 bridgehead atoms. The van der Waals surface area contributed by atoms with Gasteiger partial charge in [-0.3, -0.25) is 10.1 Å². The molecule has 1 amide bonds. The quantitative estimate of drug-likeness (QED) is 0.694. The van der Waals surface area contributed by atoms with Gasteiger partial charge in [-0.1, -0.05) is 29.9 Å². The molecular weight excluding hydrogens is 303 g/mol. The van der Waals surface area contributed by atoms with Gasteiger partial charge in [-0.05, 0) is 31.6 Å². The van der Waals surface area contributed by atoms with E-state index in [-0.39, 0.29) is 11.1 Å². The van der Waals surface area contributed by atoms with E-state index >= 15 is 0 Å². The van der Waals surface area contributed by atoms with Crippen LogP contribution in [0.15, 0.2) is 23.8 Å². The zero-order valence-corrected chi connectivity index (χ0v) is 12.9. The molecule has 1 heterocycles. The Balaban J connectivity index is 2.23. The number of aromatic nitrogens is 2. The fourth-order valence-corrected chi connectivity index (χ4v) is 2.36. The first-order valence-electron chi connectivity index (χ1n) is 6.55. The molecule has 0 aliphatic rings. The predicted molar refractivity (Wildman–Crippen MR) is 82.6 cm³/mol. The maximum absolute atomic E-state index is 13.7. The zero-order valence-electron chi connectivity index (χ0n) is 12.1. The molecule has 0 fully saturated rings. The van der Waals surface area contributed by atoms with E-state index in [0.717, 1.165) is 10.6 Å². The predicted octanol–water partition coefficient (Wildman–Crippen LogP) is 3.09. The topological polar surface area (TPSA) is 78.7 Å². The van der Waals surface area contributed by atoms with Crippen LogP contribution in [0.25, 0.3) is 6.08 Å². The average Bonchev–Trinajstić information content (AvgIpc) is 2.95. The minimum atomic E-state index is -0.637. The van der Waals surface area contributed by atoms with Gasteiger partial charge in [0.1, 0.15) is 22.5 Å². The Bertz CT molecular complexity index is 776. The summed E-state index contributed by atoms with van der Waals surface area (Å²) in [4.78, 5) is 12.1. The fourth-order valence-electron chi connectivity index (χ4n) is 1.69. The smallest absolute Gasteiger partial charge is 0.268 e. The van der Waals surface area contributed by atoms with Crippen LogP contribution in [0.4, 0.5) is 9.52 Å². The van der Waals surface area contributed by atoms with Crippen LogP contribution in [-0.2, 0) is 11.2 Å². The van der Waals surface area contributed by atoms with Gasteiger partial charge in [0.2, 0.25) is 5.13 Å². The van der Waals surface area contributed by atoms with Crippen molar-refractivity contribution in [3.05, 3.63) is 45.7 Å². The molecule has 0 aliphatic carbocycles. The van der Waals surface area contributed by atoms with Crippen molar-refractivity contribution >= 4 is 28.5 Å². The van der Waals surface area contributed by atoms with Crippen molar-refractivity contribution in [3.8, 4) is 6.07 Å². The SMILES string of the molecule is CCc1nnc(NC(=O)C(C#N)=Cc2cc(C)ccc2F)s1. The van der Waals surface area contributed by atoms with E-state index in [9.17, 15) is 9.18 Å². The second-order valence-electron chi connectivity index (χ2n) is 4.50. The average molecular weight is 316 g/mol. The van der Waals surface area contributed by atoms with E-state index in [0.29, 0.717) is 11.6 Å². The summed E-state index contributed by atoms with van der Waals surface area (Å²) in [7, 11) is 0.